The Morgan fingerprint density at radius 2 is 1.76 bits per heavy atom. The Labute approximate surface area is 101 Å². The third kappa shape index (κ3) is 5.70. The minimum atomic E-state index is -0.150. The fraction of sp³-hybridized carbons (Fsp3) is 0.385. The fourth-order valence-corrected chi connectivity index (χ4v) is 1.36. The molecule has 0 spiro atoms. The van der Waals surface area contributed by atoms with Gasteiger partial charge in [-0.15, -0.1) is 0 Å². The maximum absolute atomic E-state index is 11.3. The first-order valence-electron chi connectivity index (χ1n) is 5.79. The Hall–Kier alpha value is -1.84. The van der Waals surface area contributed by atoms with Gasteiger partial charge in [-0.3, -0.25) is 9.59 Å². The van der Waals surface area contributed by atoms with Crippen LogP contribution in [0.1, 0.15) is 18.9 Å². The summed E-state index contributed by atoms with van der Waals surface area (Å²) in [5.41, 5.74) is 1.19. The van der Waals surface area contributed by atoms with Gasteiger partial charge in [-0.2, -0.15) is 0 Å². The number of carbonyl (C=O) groups excluding carboxylic acids is 2. The van der Waals surface area contributed by atoms with E-state index in [9.17, 15) is 9.59 Å². The Morgan fingerprint density at radius 3 is 2.41 bits per heavy atom. The van der Waals surface area contributed by atoms with Crippen molar-refractivity contribution >= 4 is 11.8 Å². The van der Waals surface area contributed by atoms with Gasteiger partial charge >= 0.3 is 0 Å². The van der Waals surface area contributed by atoms with E-state index in [1.54, 1.807) is 6.92 Å². The van der Waals surface area contributed by atoms with Gasteiger partial charge in [-0.1, -0.05) is 37.3 Å². The van der Waals surface area contributed by atoms with Gasteiger partial charge in [0.15, 0.2) is 0 Å². The molecule has 0 aromatic heterocycles. The molecule has 0 atom stereocenters. The van der Waals surface area contributed by atoms with Gasteiger partial charge in [0.05, 0.1) is 6.54 Å². The lowest BCUT2D eigenvalue weighted by atomic mass is 10.1. The highest BCUT2D eigenvalue weighted by atomic mass is 16.2. The van der Waals surface area contributed by atoms with Crippen LogP contribution in [-0.2, 0) is 16.0 Å². The van der Waals surface area contributed by atoms with Crippen LogP contribution in [0.5, 0.6) is 0 Å². The zero-order chi connectivity index (χ0) is 12.5. The van der Waals surface area contributed by atoms with Gasteiger partial charge in [0, 0.05) is 13.0 Å². The highest BCUT2D eigenvalue weighted by Crippen LogP contribution is 1.97. The van der Waals surface area contributed by atoms with E-state index in [2.05, 4.69) is 10.6 Å². The van der Waals surface area contributed by atoms with Crippen molar-refractivity contribution in [3.63, 3.8) is 0 Å². The van der Waals surface area contributed by atoms with Gasteiger partial charge in [0.2, 0.25) is 11.8 Å². The molecule has 0 aliphatic carbocycles. The summed E-state index contributed by atoms with van der Waals surface area (Å²) in [6.45, 7) is 2.40. The van der Waals surface area contributed by atoms with E-state index in [0.717, 1.165) is 6.42 Å². The minimum absolute atomic E-state index is 0.0570. The summed E-state index contributed by atoms with van der Waals surface area (Å²) >= 11 is 0. The molecule has 0 radical (unpaired) electrons. The van der Waals surface area contributed by atoms with Crippen LogP contribution in [0.15, 0.2) is 30.3 Å². The molecule has 0 bridgehead atoms. The van der Waals surface area contributed by atoms with Crippen molar-refractivity contribution in [2.45, 2.75) is 19.8 Å². The predicted molar refractivity (Wildman–Crippen MR) is 66.5 cm³/mol. The monoisotopic (exact) mass is 234 g/mol. The third-order valence-electron chi connectivity index (χ3n) is 2.35. The van der Waals surface area contributed by atoms with Gasteiger partial charge in [-0.05, 0) is 12.0 Å². The van der Waals surface area contributed by atoms with Crippen LogP contribution in [0.4, 0.5) is 0 Å². The number of hydrogen-bond donors (Lipinski definition) is 2. The van der Waals surface area contributed by atoms with Crippen LogP contribution in [0.2, 0.25) is 0 Å². The molecule has 0 fully saturated rings. The van der Waals surface area contributed by atoms with E-state index in [1.165, 1.54) is 5.56 Å². The van der Waals surface area contributed by atoms with Crippen molar-refractivity contribution in [1.29, 1.82) is 0 Å². The Morgan fingerprint density at radius 1 is 1.06 bits per heavy atom. The first-order chi connectivity index (χ1) is 8.22. The molecular weight excluding hydrogens is 216 g/mol. The Balaban J connectivity index is 2.14. The maximum atomic E-state index is 11.3. The molecule has 0 aliphatic heterocycles. The summed E-state index contributed by atoms with van der Waals surface area (Å²) < 4.78 is 0. The molecule has 92 valence electrons. The normalized spacial score (nSPS) is 9.71. The summed E-state index contributed by atoms with van der Waals surface area (Å²) in [7, 11) is 0. The smallest absolute Gasteiger partial charge is 0.239 e. The minimum Gasteiger partial charge on any atom is -0.354 e. The molecule has 2 amide bonds. The van der Waals surface area contributed by atoms with E-state index in [-0.39, 0.29) is 18.4 Å². The maximum Gasteiger partial charge on any atom is 0.239 e. The second kappa shape index (κ2) is 7.44. The molecule has 1 rings (SSSR count). The van der Waals surface area contributed by atoms with Gasteiger partial charge in [0.25, 0.3) is 0 Å². The number of amides is 2. The molecule has 4 heteroatoms. The topological polar surface area (TPSA) is 58.2 Å². The molecule has 2 N–H and O–H groups in total. The van der Waals surface area contributed by atoms with Gasteiger partial charge in [0.1, 0.15) is 0 Å². The van der Waals surface area contributed by atoms with Crippen LogP contribution < -0.4 is 10.6 Å². The van der Waals surface area contributed by atoms with Gasteiger partial charge < -0.3 is 10.6 Å². The summed E-state index contributed by atoms with van der Waals surface area (Å²) in [4.78, 5) is 22.2. The summed E-state index contributed by atoms with van der Waals surface area (Å²) in [5, 5.41) is 5.29. The zero-order valence-electron chi connectivity index (χ0n) is 10.0. The standard InChI is InChI=1S/C13H18N2O2/c1-2-12(16)15-10-13(17)14-9-8-11-6-4-3-5-7-11/h3-7H,2,8-10H2,1H3,(H,14,17)(H,15,16). The van der Waals surface area contributed by atoms with Crippen molar-refractivity contribution in [3.05, 3.63) is 35.9 Å². The molecule has 0 aliphatic rings. The van der Waals surface area contributed by atoms with Crippen LogP contribution in [-0.4, -0.2) is 24.9 Å². The summed E-state index contributed by atoms with van der Waals surface area (Å²) in [5.74, 6) is -0.258. The summed E-state index contributed by atoms with van der Waals surface area (Å²) in [6.07, 6.45) is 1.20. The average Bonchev–Trinajstić information content (AvgIpc) is 2.37. The Bertz CT molecular complexity index is 363. The number of hydrogen-bond acceptors (Lipinski definition) is 2. The SMILES string of the molecule is CCC(=O)NCC(=O)NCCc1ccccc1. The van der Waals surface area contributed by atoms with Crippen molar-refractivity contribution in [1.82, 2.24) is 10.6 Å². The number of carbonyl (C=O) groups is 2. The van der Waals surface area contributed by atoms with Gasteiger partial charge in [-0.25, -0.2) is 0 Å². The second-order valence-corrected chi connectivity index (χ2v) is 3.72. The molecule has 0 heterocycles. The molecule has 17 heavy (non-hydrogen) atoms. The van der Waals surface area contributed by atoms with Crippen LogP contribution in [0, 0.1) is 0 Å². The first-order valence-corrected chi connectivity index (χ1v) is 5.79. The number of rotatable bonds is 6. The lowest BCUT2D eigenvalue weighted by molar-refractivity contribution is -0.125. The van der Waals surface area contributed by atoms with Crippen molar-refractivity contribution in [2.24, 2.45) is 0 Å². The van der Waals surface area contributed by atoms with E-state index in [1.807, 2.05) is 30.3 Å². The molecule has 0 unspecified atom stereocenters. The number of benzene rings is 1. The van der Waals surface area contributed by atoms with E-state index < -0.39 is 0 Å². The third-order valence-corrected chi connectivity index (χ3v) is 2.35. The quantitative estimate of drug-likeness (QED) is 0.767. The number of nitrogens with one attached hydrogen (secondary N) is 2. The molecular formula is C13H18N2O2. The van der Waals surface area contributed by atoms with Crippen molar-refractivity contribution in [2.75, 3.05) is 13.1 Å². The molecule has 1 aromatic rings. The van der Waals surface area contributed by atoms with Crippen molar-refractivity contribution in [3.8, 4) is 0 Å². The zero-order valence-corrected chi connectivity index (χ0v) is 10.0. The summed E-state index contributed by atoms with van der Waals surface area (Å²) in [6, 6.07) is 9.94. The first kappa shape index (κ1) is 13.2. The lowest BCUT2D eigenvalue weighted by Crippen LogP contribution is -2.37. The Kier molecular flexibility index (Phi) is 5.79. The largest absolute Gasteiger partial charge is 0.354 e. The average molecular weight is 234 g/mol. The second-order valence-electron chi connectivity index (χ2n) is 3.72. The van der Waals surface area contributed by atoms with E-state index in [4.69, 9.17) is 0 Å². The van der Waals surface area contributed by atoms with E-state index in [0.29, 0.717) is 13.0 Å². The highest BCUT2D eigenvalue weighted by Gasteiger charge is 2.02. The lowest BCUT2D eigenvalue weighted by Gasteiger charge is -2.06. The van der Waals surface area contributed by atoms with Crippen molar-refractivity contribution < 1.29 is 9.59 Å². The molecule has 1 aromatic carbocycles. The predicted octanol–water partition coefficient (Wildman–Crippen LogP) is 0.871. The van der Waals surface area contributed by atoms with E-state index >= 15 is 0 Å². The highest BCUT2D eigenvalue weighted by molar-refractivity contribution is 5.84. The van der Waals surface area contributed by atoms with Crippen LogP contribution >= 0.6 is 0 Å². The molecule has 0 saturated carbocycles. The molecule has 4 nitrogen and oxygen atoms in total. The van der Waals surface area contributed by atoms with Crippen LogP contribution in [0.3, 0.4) is 0 Å². The fourth-order valence-electron chi connectivity index (χ4n) is 1.36. The molecule has 0 saturated heterocycles. The van der Waals surface area contributed by atoms with Crippen LogP contribution in [0.25, 0.3) is 0 Å².